The average Bonchev–Trinajstić information content (AvgIpc) is 2.99. The van der Waals surface area contributed by atoms with E-state index in [-0.39, 0.29) is 28.9 Å². The van der Waals surface area contributed by atoms with Gasteiger partial charge in [-0.15, -0.1) is 0 Å². The number of hydrogen-bond donors (Lipinski definition) is 2. The van der Waals surface area contributed by atoms with Gasteiger partial charge in [0.1, 0.15) is 11.4 Å². The predicted molar refractivity (Wildman–Crippen MR) is 90.5 cm³/mol. The minimum Gasteiger partial charge on any atom is -0.345 e. The number of carbonyl (C=O) groups excluding carboxylic acids is 1. The molecule has 4 nitrogen and oxygen atoms in total. The van der Waals surface area contributed by atoms with Crippen molar-refractivity contribution >= 4 is 5.91 Å². The second kappa shape index (κ2) is 6.59. The van der Waals surface area contributed by atoms with Gasteiger partial charge in [0.2, 0.25) is 0 Å². The molecule has 1 heterocycles. The van der Waals surface area contributed by atoms with Gasteiger partial charge in [-0.05, 0) is 54.5 Å². The Labute approximate surface area is 140 Å². The quantitative estimate of drug-likeness (QED) is 0.906. The highest BCUT2D eigenvalue weighted by Crippen LogP contribution is 2.23. The summed E-state index contributed by atoms with van der Waals surface area (Å²) in [5.74, 6) is -0.607. The maximum absolute atomic E-state index is 13.1. The molecule has 0 saturated heterocycles. The molecule has 0 saturated carbocycles. The van der Waals surface area contributed by atoms with Crippen molar-refractivity contribution in [1.82, 2.24) is 10.3 Å². The number of nitrogens with one attached hydrogen (secondary N) is 2. The maximum atomic E-state index is 13.1. The van der Waals surface area contributed by atoms with Crippen LogP contribution in [0.5, 0.6) is 0 Å². The van der Waals surface area contributed by atoms with Crippen LogP contribution in [-0.2, 0) is 12.8 Å². The van der Waals surface area contributed by atoms with E-state index >= 15 is 0 Å². The fourth-order valence-corrected chi connectivity index (χ4v) is 3.21. The van der Waals surface area contributed by atoms with Gasteiger partial charge in [0, 0.05) is 5.69 Å². The summed E-state index contributed by atoms with van der Waals surface area (Å²) in [5, 5.41) is 2.92. The van der Waals surface area contributed by atoms with Crippen LogP contribution in [0.2, 0.25) is 0 Å². The number of rotatable bonds is 4. The van der Waals surface area contributed by atoms with Gasteiger partial charge in [-0.2, -0.15) is 0 Å². The van der Waals surface area contributed by atoms with Gasteiger partial charge >= 0.3 is 0 Å². The highest BCUT2D eigenvalue weighted by molar-refractivity contribution is 5.94. The number of fused-ring (bicyclic) bond motifs is 1. The Kier molecular flexibility index (Phi) is 4.51. The lowest BCUT2D eigenvalue weighted by Gasteiger charge is -2.23. The van der Waals surface area contributed by atoms with Crippen molar-refractivity contribution < 1.29 is 9.18 Å². The number of hydrogen-bond acceptors (Lipinski definition) is 2. The summed E-state index contributed by atoms with van der Waals surface area (Å²) >= 11 is 0. The van der Waals surface area contributed by atoms with Crippen LogP contribution >= 0.6 is 0 Å². The standard InChI is InChI=1S/C19H21FN2O2/c1-11(2)17(12-6-8-14(20)9-7-12)22-19(24)15-10-13-4-3-5-16(13)21-18(15)23/h6-11,17H,3-5H2,1-2H3,(H,21,23)(H,22,24). The third kappa shape index (κ3) is 3.25. The fourth-order valence-electron chi connectivity index (χ4n) is 3.21. The lowest BCUT2D eigenvalue weighted by Crippen LogP contribution is -2.35. The molecule has 2 N–H and O–H groups in total. The molecule has 5 heteroatoms. The lowest BCUT2D eigenvalue weighted by atomic mass is 9.95. The molecule has 3 rings (SSSR count). The van der Waals surface area contributed by atoms with Crippen molar-refractivity contribution in [3.63, 3.8) is 0 Å². The van der Waals surface area contributed by atoms with Gasteiger partial charge < -0.3 is 10.3 Å². The van der Waals surface area contributed by atoms with E-state index in [1.54, 1.807) is 18.2 Å². The van der Waals surface area contributed by atoms with Gasteiger partial charge in [0.15, 0.2) is 0 Å². The number of amides is 1. The van der Waals surface area contributed by atoms with Crippen LogP contribution < -0.4 is 10.9 Å². The predicted octanol–water partition coefficient (Wildman–Crippen LogP) is 3.13. The normalized spacial score (nSPS) is 14.5. The highest BCUT2D eigenvalue weighted by Gasteiger charge is 2.23. The number of benzene rings is 1. The molecule has 1 amide bonds. The van der Waals surface area contributed by atoms with Crippen molar-refractivity contribution in [2.75, 3.05) is 0 Å². The van der Waals surface area contributed by atoms with Crippen LogP contribution in [0.4, 0.5) is 4.39 Å². The smallest absolute Gasteiger partial charge is 0.261 e. The highest BCUT2D eigenvalue weighted by atomic mass is 19.1. The minimum absolute atomic E-state index is 0.105. The van der Waals surface area contributed by atoms with Crippen LogP contribution in [-0.4, -0.2) is 10.9 Å². The summed E-state index contributed by atoms with van der Waals surface area (Å²) in [4.78, 5) is 27.6. The van der Waals surface area contributed by atoms with E-state index in [0.29, 0.717) is 0 Å². The molecule has 126 valence electrons. The molecule has 2 aromatic rings. The summed E-state index contributed by atoms with van der Waals surface area (Å²) in [6, 6.07) is 7.49. The Balaban J connectivity index is 1.87. The van der Waals surface area contributed by atoms with Crippen LogP contribution in [0, 0.1) is 11.7 Å². The van der Waals surface area contributed by atoms with E-state index in [9.17, 15) is 14.0 Å². The zero-order valence-corrected chi connectivity index (χ0v) is 13.9. The first-order valence-electron chi connectivity index (χ1n) is 8.27. The van der Waals surface area contributed by atoms with Gasteiger partial charge in [-0.1, -0.05) is 26.0 Å². The van der Waals surface area contributed by atoms with Crippen LogP contribution in [0.25, 0.3) is 0 Å². The number of pyridine rings is 1. The van der Waals surface area contributed by atoms with Crippen molar-refractivity contribution in [2.24, 2.45) is 5.92 Å². The van der Waals surface area contributed by atoms with E-state index in [1.807, 2.05) is 13.8 Å². The molecule has 0 fully saturated rings. The van der Waals surface area contributed by atoms with E-state index in [2.05, 4.69) is 10.3 Å². The second-order valence-electron chi connectivity index (χ2n) is 6.62. The summed E-state index contributed by atoms with van der Waals surface area (Å²) < 4.78 is 13.1. The lowest BCUT2D eigenvalue weighted by molar-refractivity contribution is 0.0924. The molecule has 1 aliphatic carbocycles. The molecule has 0 spiro atoms. The molecule has 1 unspecified atom stereocenters. The van der Waals surface area contributed by atoms with E-state index < -0.39 is 5.91 Å². The summed E-state index contributed by atoms with van der Waals surface area (Å²) in [6.45, 7) is 3.95. The van der Waals surface area contributed by atoms with Crippen molar-refractivity contribution in [3.05, 3.63) is 68.9 Å². The Morgan fingerprint density at radius 1 is 1.21 bits per heavy atom. The maximum Gasteiger partial charge on any atom is 0.261 e. The monoisotopic (exact) mass is 328 g/mol. The second-order valence-corrected chi connectivity index (χ2v) is 6.62. The van der Waals surface area contributed by atoms with Crippen LogP contribution in [0.15, 0.2) is 35.1 Å². The van der Waals surface area contributed by atoms with E-state index in [0.717, 1.165) is 36.1 Å². The van der Waals surface area contributed by atoms with E-state index in [1.165, 1.54) is 12.1 Å². The molecule has 0 bridgehead atoms. The largest absolute Gasteiger partial charge is 0.345 e. The van der Waals surface area contributed by atoms with Crippen molar-refractivity contribution in [1.29, 1.82) is 0 Å². The van der Waals surface area contributed by atoms with Crippen molar-refractivity contribution in [2.45, 2.75) is 39.2 Å². The van der Waals surface area contributed by atoms with Crippen LogP contribution in [0.1, 0.15) is 53.5 Å². The zero-order valence-electron chi connectivity index (χ0n) is 13.9. The average molecular weight is 328 g/mol. The molecule has 24 heavy (non-hydrogen) atoms. The summed E-state index contributed by atoms with van der Waals surface area (Å²) in [7, 11) is 0. The minimum atomic E-state index is -0.394. The number of aromatic amines is 1. The number of aryl methyl sites for hydroxylation is 2. The molecular weight excluding hydrogens is 307 g/mol. The number of aromatic nitrogens is 1. The third-order valence-corrected chi connectivity index (χ3v) is 4.52. The number of carbonyl (C=O) groups is 1. The van der Waals surface area contributed by atoms with Gasteiger partial charge in [-0.25, -0.2) is 4.39 Å². The molecule has 1 aromatic carbocycles. The molecule has 1 aliphatic rings. The first-order chi connectivity index (χ1) is 11.5. The van der Waals surface area contributed by atoms with Gasteiger partial charge in [0.25, 0.3) is 11.5 Å². The molecule has 0 radical (unpaired) electrons. The molecular formula is C19H21FN2O2. The first kappa shape index (κ1) is 16.4. The Hall–Kier alpha value is -2.43. The fraction of sp³-hybridized carbons (Fsp3) is 0.368. The molecule has 0 aliphatic heterocycles. The number of halogens is 1. The topological polar surface area (TPSA) is 62.0 Å². The zero-order chi connectivity index (χ0) is 17.3. The molecule has 1 atom stereocenters. The third-order valence-electron chi connectivity index (χ3n) is 4.52. The van der Waals surface area contributed by atoms with Crippen molar-refractivity contribution in [3.8, 4) is 0 Å². The van der Waals surface area contributed by atoms with Crippen LogP contribution in [0.3, 0.4) is 0 Å². The molecule has 1 aromatic heterocycles. The summed E-state index contributed by atoms with van der Waals surface area (Å²) in [5.41, 5.74) is 2.59. The summed E-state index contributed by atoms with van der Waals surface area (Å²) in [6.07, 6.45) is 2.75. The van der Waals surface area contributed by atoms with Gasteiger partial charge in [-0.3, -0.25) is 9.59 Å². The first-order valence-corrected chi connectivity index (χ1v) is 8.27. The van der Waals surface area contributed by atoms with E-state index in [4.69, 9.17) is 0 Å². The Bertz CT molecular complexity index is 809. The van der Waals surface area contributed by atoms with Gasteiger partial charge in [0.05, 0.1) is 6.04 Å². The Morgan fingerprint density at radius 2 is 1.92 bits per heavy atom. The SMILES string of the molecule is CC(C)C(NC(=O)c1cc2c([nH]c1=O)CCC2)c1ccc(F)cc1. The number of H-pyrrole nitrogens is 1. The Morgan fingerprint density at radius 3 is 2.58 bits per heavy atom.